The normalized spacial score (nSPS) is 12.1. The minimum absolute atomic E-state index is 0.00170. The Morgan fingerprint density at radius 2 is 1.85 bits per heavy atom. The molecule has 1 unspecified atom stereocenters. The molecule has 2 N–H and O–H groups in total. The van der Waals surface area contributed by atoms with Gasteiger partial charge in [-0.05, 0) is 43.9 Å². The average Bonchev–Trinajstić information content (AvgIpc) is 2.36. The Bertz CT molecular complexity index is 475. The van der Waals surface area contributed by atoms with Gasteiger partial charge in [-0.3, -0.25) is 9.59 Å². The predicted molar refractivity (Wildman–Crippen MR) is 84.4 cm³/mol. The quantitative estimate of drug-likeness (QED) is 0.807. The Labute approximate surface area is 128 Å². The summed E-state index contributed by atoms with van der Waals surface area (Å²) in [4.78, 5) is 23.5. The third-order valence-electron chi connectivity index (χ3n) is 2.84. The van der Waals surface area contributed by atoms with Crippen LogP contribution in [0.5, 0.6) is 0 Å². The van der Waals surface area contributed by atoms with Crippen LogP contribution in [0, 0.1) is 5.92 Å². The number of hydrogen-bond donors (Lipinski definition) is 2. The monoisotopic (exact) mass is 340 g/mol. The molecule has 0 heterocycles. The van der Waals surface area contributed by atoms with E-state index in [4.69, 9.17) is 0 Å². The lowest BCUT2D eigenvalue weighted by Gasteiger charge is -2.14. The maximum absolute atomic E-state index is 11.8. The van der Waals surface area contributed by atoms with Crippen molar-refractivity contribution in [1.82, 2.24) is 5.32 Å². The zero-order valence-corrected chi connectivity index (χ0v) is 13.7. The van der Waals surface area contributed by atoms with E-state index in [9.17, 15) is 9.59 Å². The minimum atomic E-state index is -0.639. The molecule has 0 fully saturated rings. The van der Waals surface area contributed by atoms with E-state index in [0.29, 0.717) is 11.6 Å². The first kappa shape index (κ1) is 16.7. The summed E-state index contributed by atoms with van der Waals surface area (Å²) in [6.45, 7) is 6.18. The molecular weight excluding hydrogens is 320 g/mol. The summed E-state index contributed by atoms with van der Waals surface area (Å²) in [7, 11) is 0. The Morgan fingerprint density at radius 1 is 1.15 bits per heavy atom. The molecule has 0 saturated carbocycles. The number of nitrogens with one attached hydrogen (secondary N) is 2. The van der Waals surface area contributed by atoms with Gasteiger partial charge < -0.3 is 10.6 Å². The highest BCUT2D eigenvalue weighted by Gasteiger charge is 2.16. The molecular formula is C15H21BrN2O2. The van der Waals surface area contributed by atoms with Gasteiger partial charge in [0, 0.05) is 16.2 Å². The first-order valence-corrected chi connectivity index (χ1v) is 7.55. The van der Waals surface area contributed by atoms with Gasteiger partial charge in [0.25, 0.3) is 0 Å². The molecule has 0 radical (unpaired) electrons. The second-order valence-electron chi connectivity index (χ2n) is 5.31. The molecule has 0 aliphatic heterocycles. The number of carbonyl (C=O) groups excluding carboxylic acids is 2. The Morgan fingerprint density at radius 3 is 2.45 bits per heavy atom. The molecule has 1 atom stereocenters. The molecule has 0 aromatic heterocycles. The maximum Gasteiger partial charge on any atom is 0.313 e. The van der Waals surface area contributed by atoms with Crippen molar-refractivity contribution in [1.29, 1.82) is 0 Å². The highest BCUT2D eigenvalue weighted by molar-refractivity contribution is 9.10. The number of hydrogen-bond acceptors (Lipinski definition) is 2. The first-order chi connectivity index (χ1) is 9.38. The lowest BCUT2D eigenvalue weighted by molar-refractivity contribution is -0.136. The molecule has 1 rings (SSSR count). The molecule has 4 nitrogen and oxygen atoms in total. The van der Waals surface area contributed by atoms with Crippen LogP contribution in [0.25, 0.3) is 0 Å². The predicted octanol–water partition coefficient (Wildman–Crippen LogP) is 3.33. The Hall–Kier alpha value is -1.36. The van der Waals surface area contributed by atoms with Crippen LogP contribution in [0.4, 0.5) is 5.69 Å². The maximum atomic E-state index is 11.8. The van der Waals surface area contributed by atoms with Crippen LogP contribution in [0.2, 0.25) is 0 Å². The number of benzene rings is 1. The van der Waals surface area contributed by atoms with Crippen LogP contribution in [0.3, 0.4) is 0 Å². The summed E-state index contributed by atoms with van der Waals surface area (Å²) in [6, 6.07) is 7.12. The van der Waals surface area contributed by atoms with E-state index in [0.717, 1.165) is 17.3 Å². The van der Waals surface area contributed by atoms with Gasteiger partial charge in [0.2, 0.25) is 0 Å². The van der Waals surface area contributed by atoms with Crippen molar-refractivity contribution in [3.63, 3.8) is 0 Å². The third kappa shape index (κ3) is 6.19. The molecule has 5 heteroatoms. The molecule has 20 heavy (non-hydrogen) atoms. The zero-order chi connectivity index (χ0) is 15.1. The fourth-order valence-corrected chi connectivity index (χ4v) is 2.10. The molecule has 1 aromatic rings. The van der Waals surface area contributed by atoms with Crippen LogP contribution in [0.1, 0.15) is 33.6 Å². The van der Waals surface area contributed by atoms with Crippen LogP contribution in [0.15, 0.2) is 28.7 Å². The summed E-state index contributed by atoms with van der Waals surface area (Å²) in [6.07, 6.45) is 1.89. The van der Waals surface area contributed by atoms with Crippen molar-refractivity contribution in [3.8, 4) is 0 Å². The van der Waals surface area contributed by atoms with Gasteiger partial charge in [-0.2, -0.15) is 0 Å². The number of halogens is 1. The largest absolute Gasteiger partial charge is 0.345 e. The number of anilines is 1. The molecule has 110 valence electrons. The van der Waals surface area contributed by atoms with Gasteiger partial charge in [0.05, 0.1) is 0 Å². The Balaban J connectivity index is 2.45. The second kappa shape index (κ2) is 8.04. The van der Waals surface area contributed by atoms with E-state index in [-0.39, 0.29) is 6.04 Å². The smallest absolute Gasteiger partial charge is 0.313 e. The fourth-order valence-electron chi connectivity index (χ4n) is 1.70. The van der Waals surface area contributed by atoms with Crippen molar-refractivity contribution in [2.45, 2.75) is 39.7 Å². The van der Waals surface area contributed by atoms with E-state index in [1.54, 1.807) is 18.2 Å². The van der Waals surface area contributed by atoms with Gasteiger partial charge in [-0.15, -0.1) is 0 Å². The summed E-state index contributed by atoms with van der Waals surface area (Å²) in [5, 5.41) is 5.28. The summed E-state index contributed by atoms with van der Waals surface area (Å²) in [5.41, 5.74) is 0.592. The third-order valence-corrected chi connectivity index (χ3v) is 3.34. The van der Waals surface area contributed by atoms with Crippen molar-refractivity contribution >= 4 is 33.4 Å². The van der Waals surface area contributed by atoms with E-state index >= 15 is 0 Å². The van der Waals surface area contributed by atoms with Gasteiger partial charge >= 0.3 is 11.8 Å². The van der Waals surface area contributed by atoms with E-state index in [2.05, 4.69) is 40.4 Å². The van der Waals surface area contributed by atoms with Crippen molar-refractivity contribution in [2.24, 2.45) is 5.92 Å². The highest BCUT2D eigenvalue weighted by Crippen LogP contribution is 2.15. The van der Waals surface area contributed by atoms with E-state index < -0.39 is 11.8 Å². The van der Waals surface area contributed by atoms with Crippen molar-refractivity contribution in [3.05, 3.63) is 28.7 Å². The van der Waals surface area contributed by atoms with Gasteiger partial charge in [0.15, 0.2) is 0 Å². The molecule has 0 saturated heterocycles. The average molecular weight is 341 g/mol. The van der Waals surface area contributed by atoms with Crippen molar-refractivity contribution in [2.75, 3.05) is 5.32 Å². The van der Waals surface area contributed by atoms with E-state index in [1.807, 2.05) is 13.0 Å². The highest BCUT2D eigenvalue weighted by atomic mass is 79.9. The number of amides is 2. The summed E-state index contributed by atoms with van der Waals surface area (Å²) < 4.78 is 0.848. The summed E-state index contributed by atoms with van der Waals surface area (Å²) in [5.74, 6) is -0.648. The molecule has 1 aromatic carbocycles. The van der Waals surface area contributed by atoms with Crippen LogP contribution < -0.4 is 10.6 Å². The van der Waals surface area contributed by atoms with Gasteiger partial charge in [-0.1, -0.05) is 35.8 Å². The first-order valence-electron chi connectivity index (χ1n) is 6.76. The Kier molecular flexibility index (Phi) is 6.71. The minimum Gasteiger partial charge on any atom is -0.345 e. The van der Waals surface area contributed by atoms with Crippen LogP contribution >= 0.6 is 15.9 Å². The standard InChI is InChI=1S/C15H21BrN2O2/c1-10(2)7-8-11(3)17-14(19)15(20)18-13-6-4-5-12(16)9-13/h4-6,9-11H,7-8H2,1-3H3,(H,17,19)(H,18,20). The van der Waals surface area contributed by atoms with E-state index in [1.165, 1.54) is 0 Å². The molecule has 0 spiro atoms. The van der Waals surface area contributed by atoms with Crippen molar-refractivity contribution < 1.29 is 9.59 Å². The topological polar surface area (TPSA) is 58.2 Å². The fraction of sp³-hybridized carbons (Fsp3) is 0.467. The second-order valence-corrected chi connectivity index (χ2v) is 6.23. The zero-order valence-electron chi connectivity index (χ0n) is 12.1. The van der Waals surface area contributed by atoms with Gasteiger partial charge in [-0.25, -0.2) is 0 Å². The molecule has 2 amide bonds. The number of rotatable bonds is 5. The molecule has 0 aliphatic rings. The van der Waals surface area contributed by atoms with Crippen LogP contribution in [-0.2, 0) is 9.59 Å². The summed E-state index contributed by atoms with van der Waals surface area (Å²) >= 11 is 3.31. The number of carbonyl (C=O) groups is 2. The molecule has 0 aliphatic carbocycles. The lowest BCUT2D eigenvalue weighted by Crippen LogP contribution is -2.40. The van der Waals surface area contributed by atoms with Gasteiger partial charge in [0.1, 0.15) is 0 Å². The SMILES string of the molecule is CC(C)CCC(C)NC(=O)C(=O)Nc1cccc(Br)c1. The lowest BCUT2D eigenvalue weighted by atomic mass is 10.0. The van der Waals surface area contributed by atoms with Crippen LogP contribution in [-0.4, -0.2) is 17.9 Å². The molecule has 0 bridgehead atoms.